The summed E-state index contributed by atoms with van der Waals surface area (Å²) in [7, 11) is 0. The van der Waals surface area contributed by atoms with Gasteiger partial charge in [0.05, 0.1) is 25.4 Å². The van der Waals surface area contributed by atoms with Crippen LogP contribution in [0.4, 0.5) is 0 Å². The molecule has 7 nitrogen and oxygen atoms in total. The van der Waals surface area contributed by atoms with Gasteiger partial charge in [-0.05, 0) is 62.2 Å². The van der Waals surface area contributed by atoms with Crippen molar-refractivity contribution in [3.8, 4) is 5.75 Å². The zero-order valence-electron chi connectivity index (χ0n) is 18.6. The molecule has 0 aliphatic heterocycles. The molecule has 0 atom stereocenters. The highest BCUT2D eigenvalue weighted by molar-refractivity contribution is 6.20. The smallest absolute Gasteiger partial charge is 0.343 e. The molecule has 2 aromatic carbocycles. The maximum absolute atomic E-state index is 12.6. The Morgan fingerprint density at radius 1 is 1.00 bits per heavy atom. The lowest BCUT2D eigenvalue weighted by Gasteiger charge is -2.06. The number of ether oxygens (including phenoxy) is 3. The predicted molar refractivity (Wildman–Crippen MR) is 121 cm³/mol. The summed E-state index contributed by atoms with van der Waals surface area (Å²) >= 11 is 0. The van der Waals surface area contributed by atoms with E-state index in [1.54, 1.807) is 38.1 Å². The number of hydrogen-bond acceptors (Lipinski definition) is 7. The van der Waals surface area contributed by atoms with Gasteiger partial charge in [-0.1, -0.05) is 25.5 Å². The highest BCUT2D eigenvalue weighted by Crippen LogP contribution is 2.26. The average Bonchev–Trinajstić information content (AvgIpc) is 3.22. The standard InChI is InChI=1S/C25H27NO6/c1-4-7-14-31-19-11-8-17(9-12-19)15-20(25(28)30-6-3)23-26-21-16-18(24(27)29-5-2)10-13-22(21)32-23/h8-13,15-16H,4-7,14H2,1-3H3. The first-order valence-corrected chi connectivity index (χ1v) is 10.8. The van der Waals surface area contributed by atoms with Crippen LogP contribution >= 0.6 is 0 Å². The molecule has 32 heavy (non-hydrogen) atoms. The molecule has 0 radical (unpaired) electrons. The van der Waals surface area contributed by atoms with E-state index < -0.39 is 11.9 Å². The van der Waals surface area contributed by atoms with E-state index in [-0.39, 0.29) is 24.7 Å². The van der Waals surface area contributed by atoms with E-state index in [0.717, 1.165) is 24.2 Å². The second kappa shape index (κ2) is 11.1. The molecule has 7 heteroatoms. The summed E-state index contributed by atoms with van der Waals surface area (Å²) in [5.74, 6) is -0.112. The van der Waals surface area contributed by atoms with Crippen LogP contribution in [0.25, 0.3) is 22.7 Å². The molecule has 0 fully saturated rings. The van der Waals surface area contributed by atoms with Crippen molar-refractivity contribution in [1.29, 1.82) is 0 Å². The molecule has 1 heterocycles. The zero-order valence-corrected chi connectivity index (χ0v) is 18.6. The Hall–Kier alpha value is -3.61. The van der Waals surface area contributed by atoms with E-state index >= 15 is 0 Å². The number of carbonyl (C=O) groups is 2. The average molecular weight is 437 g/mol. The predicted octanol–water partition coefficient (Wildman–Crippen LogP) is 5.29. The van der Waals surface area contributed by atoms with E-state index in [9.17, 15) is 9.59 Å². The Labute approximate surface area is 187 Å². The lowest BCUT2D eigenvalue weighted by molar-refractivity contribution is -0.136. The molecule has 3 aromatic rings. The van der Waals surface area contributed by atoms with Crippen LogP contribution in [0.5, 0.6) is 5.75 Å². The molecular weight excluding hydrogens is 410 g/mol. The van der Waals surface area contributed by atoms with Gasteiger partial charge >= 0.3 is 11.9 Å². The van der Waals surface area contributed by atoms with Gasteiger partial charge in [-0.15, -0.1) is 0 Å². The molecule has 0 aliphatic carbocycles. The quantitative estimate of drug-likeness (QED) is 0.242. The van der Waals surface area contributed by atoms with E-state index in [4.69, 9.17) is 18.6 Å². The highest BCUT2D eigenvalue weighted by Gasteiger charge is 2.21. The fourth-order valence-corrected chi connectivity index (χ4v) is 2.96. The number of rotatable bonds is 10. The molecule has 0 spiro atoms. The summed E-state index contributed by atoms with van der Waals surface area (Å²) < 4.78 is 21.7. The van der Waals surface area contributed by atoms with Crippen molar-refractivity contribution in [2.75, 3.05) is 19.8 Å². The topological polar surface area (TPSA) is 87.9 Å². The third kappa shape index (κ3) is 5.75. The van der Waals surface area contributed by atoms with Crippen molar-refractivity contribution >= 4 is 34.7 Å². The van der Waals surface area contributed by atoms with Crippen LogP contribution in [0.3, 0.4) is 0 Å². The molecule has 3 rings (SSSR count). The van der Waals surface area contributed by atoms with E-state index in [0.29, 0.717) is 23.3 Å². The summed E-state index contributed by atoms with van der Waals surface area (Å²) in [5, 5.41) is 0. The lowest BCUT2D eigenvalue weighted by atomic mass is 10.1. The number of esters is 2. The fourth-order valence-electron chi connectivity index (χ4n) is 2.96. The van der Waals surface area contributed by atoms with Gasteiger partial charge in [0, 0.05) is 0 Å². The van der Waals surface area contributed by atoms with Gasteiger partial charge in [0.25, 0.3) is 0 Å². The number of hydrogen-bond donors (Lipinski definition) is 0. The summed E-state index contributed by atoms with van der Waals surface area (Å²) in [5.41, 5.74) is 2.20. The van der Waals surface area contributed by atoms with Crippen LogP contribution in [0.2, 0.25) is 0 Å². The number of unbranched alkanes of at least 4 members (excludes halogenated alkanes) is 1. The minimum atomic E-state index is -0.548. The van der Waals surface area contributed by atoms with E-state index in [1.807, 2.05) is 24.3 Å². The van der Waals surface area contributed by atoms with Crippen LogP contribution < -0.4 is 4.74 Å². The van der Waals surface area contributed by atoms with Gasteiger partial charge in [0.1, 0.15) is 16.8 Å². The number of oxazole rings is 1. The maximum atomic E-state index is 12.6. The molecular formula is C25H27NO6. The van der Waals surface area contributed by atoms with Gasteiger partial charge < -0.3 is 18.6 Å². The molecule has 0 saturated carbocycles. The van der Waals surface area contributed by atoms with Crippen LogP contribution in [-0.2, 0) is 14.3 Å². The second-order valence-corrected chi connectivity index (χ2v) is 6.97. The number of nitrogens with zero attached hydrogens (tertiary/aromatic N) is 1. The first-order valence-electron chi connectivity index (χ1n) is 10.8. The molecule has 0 aliphatic rings. The van der Waals surface area contributed by atoms with Gasteiger partial charge in [-0.2, -0.15) is 0 Å². The Kier molecular flexibility index (Phi) is 8.02. The molecule has 0 N–H and O–H groups in total. The lowest BCUT2D eigenvalue weighted by Crippen LogP contribution is -2.07. The minimum absolute atomic E-state index is 0.114. The Morgan fingerprint density at radius 3 is 2.44 bits per heavy atom. The first-order chi connectivity index (χ1) is 15.5. The van der Waals surface area contributed by atoms with Gasteiger partial charge in [0.2, 0.25) is 5.89 Å². The maximum Gasteiger partial charge on any atom is 0.343 e. The Balaban J connectivity index is 1.92. The SMILES string of the molecule is CCCCOc1ccc(C=C(C(=O)OCC)c2nc3cc(C(=O)OCC)ccc3o2)cc1. The van der Waals surface area contributed by atoms with Gasteiger partial charge in [-0.25, -0.2) is 14.6 Å². The second-order valence-electron chi connectivity index (χ2n) is 6.97. The van der Waals surface area contributed by atoms with Crippen LogP contribution in [-0.4, -0.2) is 36.7 Å². The molecule has 0 bridgehead atoms. The van der Waals surface area contributed by atoms with Crippen molar-refractivity contribution in [2.24, 2.45) is 0 Å². The number of fused-ring (bicyclic) bond motifs is 1. The molecule has 1 aromatic heterocycles. The molecule has 168 valence electrons. The van der Waals surface area contributed by atoms with Crippen LogP contribution in [0, 0.1) is 0 Å². The van der Waals surface area contributed by atoms with E-state index in [2.05, 4.69) is 11.9 Å². The van der Waals surface area contributed by atoms with Crippen LogP contribution in [0.15, 0.2) is 46.9 Å². The number of carbonyl (C=O) groups excluding carboxylic acids is 2. The molecule has 0 amide bonds. The monoisotopic (exact) mass is 437 g/mol. The third-order valence-corrected chi connectivity index (χ3v) is 4.58. The van der Waals surface area contributed by atoms with Crippen LogP contribution in [0.1, 0.15) is 55.4 Å². The van der Waals surface area contributed by atoms with Crippen molar-refractivity contribution in [3.05, 3.63) is 59.5 Å². The van der Waals surface area contributed by atoms with Gasteiger partial charge in [0.15, 0.2) is 5.58 Å². The minimum Gasteiger partial charge on any atom is -0.494 e. The third-order valence-electron chi connectivity index (χ3n) is 4.58. The Bertz CT molecular complexity index is 1100. The highest BCUT2D eigenvalue weighted by atomic mass is 16.5. The van der Waals surface area contributed by atoms with Crippen molar-refractivity contribution in [1.82, 2.24) is 4.98 Å². The van der Waals surface area contributed by atoms with Gasteiger partial charge in [-0.3, -0.25) is 0 Å². The van der Waals surface area contributed by atoms with Crippen molar-refractivity contribution < 1.29 is 28.2 Å². The summed E-state index contributed by atoms with van der Waals surface area (Å²) in [6.07, 6.45) is 3.71. The number of aromatic nitrogens is 1. The summed E-state index contributed by atoms with van der Waals surface area (Å²) in [6, 6.07) is 12.2. The largest absolute Gasteiger partial charge is 0.494 e. The number of benzene rings is 2. The fraction of sp³-hybridized carbons (Fsp3) is 0.320. The van der Waals surface area contributed by atoms with E-state index in [1.165, 1.54) is 0 Å². The summed E-state index contributed by atoms with van der Waals surface area (Å²) in [4.78, 5) is 29.0. The van der Waals surface area contributed by atoms with Crippen molar-refractivity contribution in [2.45, 2.75) is 33.6 Å². The normalized spacial score (nSPS) is 11.4. The Morgan fingerprint density at radius 2 is 1.75 bits per heavy atom. The first kappa shape index (κ1) is 23.1. The molecule has 0 saturated heterocycles. The van der Waals surface area contributed by atoms with Crippen molar-refractivity contribution in [3.63, 3.8) is 0 Å². The zero-order chi connectivity index (χ0) is 22.9. The summed E-state index contributed by atoms with van der Waals surface area (Å²) in [6.45, 7) is 6.74. The molecule has 0 unspecified atom stereocenters.